The van der Waals surface area contributed by atoms with E-state index in [4.69, 9.17) is 0 Å². The first-order valence-corrected chi connectivity index (χ1v) is 5.42. The monoisotopic (exact) mass is 222 g/mol. The fraction of sp³-hybridized carbons (Fsp3) is 0.545. The smallest absolute Gasteiger partial charge is 0.220 e. The number of rotatable bonds is 6. The van der Waals surface area contributed by atoms with Gasteiger partial charge in [-0.25, -0.2) is 9.97 Å². The molecule has 0 bridgehead atoms. The Morgan fingerprint density at radius 3 is 3.00 bits per heavy atom. The van der Waals surface area contributed by atoms with Crippen molar-refractivity contribution in [3.8, 4) is 0 Å². The molecule has 1 heterocycles. The molecule has 0 aliphatic carbocycles. The van der Waals surface area contributed by atoms with E-state index in [1.807, 2.05) is 14.0 Å². The minimum Gasteiger partial charge on any atom is -0.350 e. The summed E-state index contributed by atoms with van der Waals surface area (Å²) < 4.78 is 0. The molecule has 1 amide bonds. The molecule has 0 saturated heterocycles. The van der Waals surface area contributed by atoms with Crippen LogP contribution in [0.15, 0.2) is 12.3 Å². The summed E-state index contributed by atoms with van der Waals surface area (Å²) in [4.78, 5) is 19.6. The van der Waals surface area contributed by atoms with E-state index in [1.54, 1.807) is 12.3 Å². The topological polar surface area (TPSA) is 66.9 Å². The lowest BCUT2D eigenvalue weighted by Crippen LogP contribution is -2.24. The molecule has 16 heavy (non-hydrogen) atoms. The molecule has 0 spiro atoms. The molecule has 0 fully saturated rings. The van der Waals surface area contributed by atoms with Crippen LogP contribution in [0.2, 0.25) is 0 Å². The lowest BCUT2D eigenvalue weighted by molar-refractivity contribution is -0.121. The molecule has 1 aromatic rings. The zero-order valence-electron chi connectivity index (χ0n) is 9.79. The van der Waals surface area contributed by atoms with Gasteiger partial charge < -0.3 is 10.6 Å². The van der Waals surface area contributed by atoms with Gasteiger partial charge in [0.15, 0.2) is 0 Å². The van der Waals surface area contributed by atoms with Crippen molar-refractivity contribution in [1.82, 2.24) is 20.6 Å². The minimum atomic E-state index is 0.0616. The average molecular weight is 222 g/mol. The standard InChI is InChI=1S/C11H18N4O/c1-9-13-7-5-10(15-9)8-14-11(16)4-3-6-12-2/h5,7,12H,3-4,6,8H2,1-2H3,(H,14,16). The minimum absolute atomic E-state index is 0.0616. The number of nitrogens with one attached hydrogen (secondary N) is 2. The second-order valence-electron chi connectivity index (χ2n) is 3.58. The van der Waals surface area contributed by atoms with E-state index >= 15 is 0 Å². The van der Waals surface area contributed by atoms with Crippen molar-refractivity contribution in [2.75, 3.05) is 13.6 Å². The van der Waals surface area contributed by atoms with E-state index in [0.717, 1.165) is 24.5 Å². The maximum absolute atomic E-state index is 11.4. The second kappa shape index (κ2) is 6.90. The van der Waals surface area contributed by atoms with E-state index in [1.165, 1.54) is 0 Å². The van der Waals surface area contributed by atoms with Crippen molar-refractivity contribution < 1.29 is 4.79 Å². The Labute approximate surface area is 95.7 Å². The van der Waals surface area contributed by atoms with Gasteiger partial charge in [-0.05, 0) is 33.0 Å². The van der Waals surface area contributed by atoms with Crippen LogP contribution >= 0.6 is 0 Å². The molecule has 1 rings (SSSR count). The van der Waals surface area contributed by atoms with Gasteiger partial charge in [0, 0.05) is 12.6 Å². The lowest BCUT2D eigenvalue weighted by atomic mass is 10.3. The Balaban J connectivity index is 2.26. The highest BCUT2D eigenvalue weighted by molar-refractivity contribution is 5.75. The number of hydrogen-bond donors (Lipinski definition) is 2. The molecule has 2 N–H and O–H groups in total. The van der Waals surface area contributed by atoms with E-state index in [0.29, 0.717) is 13.0 Å². The van der Waals surface area contributed by atoms with Crippen molar-refractivity contribution in [1.29, 1.82) is 0 Å². The fourth-order valence-corrected chi connectivity index (χ4v) is 1.31. The van der Waals surface area contributed by atoms with Gasteiger partial charge in [0.25, 0.3) is 0 Å². The van der Waals surface area contributed by atoms with Gasteiger partial charge in [0.05, 0.1) is 12.2 Å². The van der Waals surface area contributed by atoms with Crippen LogP contribution in [0.25, 0.3) is 0 Å². The summed E-state index contributed by atoms with van der Waals surface area (Å²) in [6, 6.07) is 1.81. The van der Waals surface area contributed by atoms with Gasteiger partial charge in [-0.1, -0.05) is 0 Å². The summed E-state index contributed by atoms with van der Waals surface area (Å²) in [7, 11) is 1.88. The predicted octanol–water partition coefficient (Wildman–Crippen LogP) is 0.401. The van der Waals surface area contributed by atoms with Crippen LogP contribution in [0.1, 0.15) is 24.4 Å². The maximum Gasteiger partial charge on any atom is 0.220 e. The van der Waals surface area contributed by atoms with Crippen LogP contribution in [0.3, 0.4) is 0 Å². The summed E-state index contributed by atoms with van der Waals surface area (Å²) in [6.07, 6.45) is 3.10. The SMILES string of the molecule is CNCCCC(=O)NCc1ccnc(C)n1. The summed E-state index contributed by atoms with van der Waals surface area (Å²) in [5, 5.41) is 5.83. The van der Waals surface area contributed by atoms with Crippen molar-refractivity contribution in [2.45, 2.75) is 26.3 Å². The van der Waals surface area contributed by atoms with Gasteiger partial charge in [0.1, 0.15) is 5.82 Å². The molecule has 5 heteroatoms. The Bertz CT molecular complexity index is 341. The van der Waals surface area contributed by atoms with E-state index < -0.39 is 0 Å². The average Bonchev–Trinajstić information content (AvgIpc) is 2.27. The normalized spacial score (nSPS) is 10.1. The van der Waals surface area contributed by atoms with Crippen molar-refractivity contribution >= 4 is 5.91 Å². The molecule has 88 valence electrons. The Kier molecular flexibility index (Phi) is 5.42. The van der Waals surface area contributed by atoms with Crippen LogP contribution in [0, 0.1) is 6.92 Å². The molecule has 0 aliphatic heterocycles. The first-order chi connectivity index (χ1) is 7.72. The molecule has 0 saturated carbocycles. The summed E-state index contributed by atoms with van der Waals surface area (Å²) in [5.74, 6) is 0.786. The Hall–Kier alpha value is -1.49. The van der Waals surface area contributed by atoms with Gasteiger partial charge >= 0.3 is 0 Å². The largest absolute Gasteiger partial charge is 0.350 e. The molecule has 5 nitrogen and oxygen atoms in total. The Morgan fingerprint density at radius 1 is 1.50 bits per heavy atom. The number of amides is 1. The van der Waals surface area contributed by atoms with Crippen LogP contribution < -0.4 is 10.6 Å². The lowest BCUT2D eigenvalue weighted by Gasteiger charge is -2.04. The third-order valence-corrected chi connectivity index (χ3v) is 2.13. The van der Waals surface area contributed by atoms with Crippen molar-refractivity contribution in [2.24, 2.45) is 0 Å². The molecular formula is C11H18N4O. The van der Waals surface area contributed by atoms with Crippen LogP contribution in [0.4, 0.5) is 0 Å². The van der Waals surface area contributed by atoms with Crippen LogP contribution in [-0.4, -0.2) is 29.5 Å². The molecule has 0 unspecified atom stereocenters. The molecule has 0 radical (unpaired) electrons. The third kappa shape index (κ3) is 4.84. The third-order valence-electron chi connectivity index (χ3n) is 2.13. The molecule has 0 atom stereocenters. The number of aryl methyl sites for hydroxylation is 1. The van der Waals surface area contributed by atoms with E-state index in [2.05, 4.69) is 20.6 Å². The Morgan fingerprint density at radius 2 is 2.31 bits per heavy atom. The zero-order chi connectivity index (χ0) is 11.8. The summed E-state index contributed by atoms with van der Waals surface area (Å²) >= 11 is 0. The quantitative estimate of drug-likeness (QED) is 0.684. The molecule has 1 aromatic heterocycles. The van der Waals surface area contributed by atoms with Crippen molar-refractivity contribution in [3.63, 3.8) is 0 Å². The molecule has 0 aliphatic rings. The van der Waals surface area contributed by atoms with Crippen LogP contribution in [-0.2, 0) is 11.3 Å². The number of nitrogens with zero attached hydrogens (tertiary/aromatic N) is 2. The number of aromatic nitrogens is 2. The molecular weight excluding hydrogens is 204 g/mol. The number of carbonyl (C=O) groups is 1. The number of carbonyl (C=O) groups excluding carboxylic acids is 1. The fourth-order valence-electron chi connectivity index (χ4n) is 1.31. The van der Waals surface area contributed by atoms with E-state index in [9.17, 15) is 4.79 Å². The zero-order valence-corrected chi connectivity index (χ0v) is 9.79. The van der Waals surface area contributed by atoms with E-state index in [-0.39, 0.29) is 5.91 Å². The van der Waals surface area contributed by atoms with Gasteiger partial charge in [-0.2, -0.15) is 0 Å². The first-order valence-electron chi connectivity index (χ1n) is 5.42. The molecule has 0 aromatic carbocycles. The first kappa shape index (κ1) is 12.6. The maximum atomic E-state index is 11.4. The number of hydrogen-bond acceptors (Lipinski definition) is 4. The predicted molar refractivity (Wildman–Crippen MR) is 61.8 cm³/mol. The highest BCUT2D eigenvalue weighted by Gasteiger charge is 2.01. The van der Waals surface area contributed by atoms with Crippen LogP contribution in [0.5, 0.6) is 0 Å². The van der Waals surface area contributed by atoms with Crippen molar-refractivity contribution in [3.05, 3.63) is 23.8 Å². The van der Waals surface area contributed by atoms with Gasteiger partial charge in [-0.3, -0.25) is 4.79 Å². The van der Waals surface area contributed by atoms with Gasteiger partial charge in [0.2, 0.25) is 5.91 Å². The second-order valence-corrected chi connectivity index (χ2v) is 3.58. The summed E-state index contributed by atoms with van der Waals surface area (Å²) in [5.41, 5.74) is 0.842. The summed E-state index contributed by atoms with van der Waals surface area (Å²) in [6.45, 7) is 3.17. The highest BCUT2D eigenvalue weighted by atomic mass is 16.1. The highest BCUT2D eigenvalue weighted by Crippen LogP contribution is 1.95. The van der Waals surface area contributed by atoms with Gasteiger partial charge in [-0.15, -0.1) is 0 Å².